The quantitative estimate of drug-likeness (QED) is 0.811. The predicted molar refractivity (Wildman–Crippen MR) is 89.9 cm³/mol. The maximum absolute atomic E-state index is 11.7. The van der Waals surface area contributed by atoms with Gasteiger partial charge in [-0.25, -0.2) is 4.79 Å². The minimum atomic E-state index is -0.414. The fourth-order valence-corrected chi connectivity index (χ4v) is 3.55. The van der Waals surface area contributed by atoms with Crippen molar-refractivity contribution >= 4 is 6.09 Å². The second-order valence-electron chi connectivity index (χ2n) is 8.21. The fraction of sp³-hybridized carbons (Fsp3) is 0.944. The van der Waals surface area contributed by atoms with Crippen LogP contribution in [0.5, 0.6) is 0 Å². The first-order valence-electron chi connectivity index (χ1n) is 9.08. The molecule has 0 bridgehead atoms. The van der Waals surface area contributed by atoms with Crippen LogP contribution in [0.3, 0.4) is 0 Å². The summed E-state index contributed by atoms with van der Waals surface area (Å²) in [4.78, 5) is 11.7. The van der Waals surface area contributed by atoms with Crippen LogP contribution in [0.4, 0.5) is 4.79 Å². The number of hydrogen-bond donors (Lipinski definition) is 2. The minimum Gasteiger partial charge on any atom is -0.444 e. The molecule has 2 N–H and O–H groups in total. The van der Waals surface area contributed by atoms with Gasteiger partial charge in [0, 0.05) is 12.1 Å². The van der Waals surface area contributed by atoms with Gasteiger partial charge in [-0.15, -0.1) is 0 Å². The molecule has 2 rings (SSSR count). The van der Waals surface area contributed by atoms with Crippen LogP contribution in [0.15, 0.2) is 0 Å². The zero-order valence-corrected chi connectivity index (χ0v) is 14.8. The van der Waals surface area contributed by atoms with Gasteiger partial charge < -0.3 is 15.4 Å². The maximum atomic E-state index is 11.7. The molecule has 0 aromatic heterocycles. The van der Waals surface area contributed by atoms with Gasteiger partial charge in [0.15, 0.2) is 0 Å². The van der Waals surface area contributed by atoms with Crippen molar-refractivity contribution in [2.45, 2.75) is 90.3 Å². The standard InChI is InChI=1S/C18H34N2O2/c1-5-13-6-8-14(9-7-13)12-19-15-10-16(11-15)20-17(21)22-18(2,3)4/h13-16,19H,5-12H2,1-4H3,(H,20,21). The summed E-state index contributed by atoms with van der Waals surface area (Å²) in [5, 5.41) is 6.63. The van der Waals surface area contributed by atoms with E-state index >= 15 is 0 Å². The van der Waals surface area contributed by atoms with Crippen molar-refractivity contribution in [2.75, 3.05) is 6.54 Å². The molecule has 0 unspecified atom stereocenters. The van der Waals surface area contributed by atoms with E-state index in [1.54, 1.807) is 0 Å². The third-order valence-electron chi connectivity index (χ3n) is 5.10. The highest BCUT2D eigenvalue weighted by atomic mass is 16.6. The monoisotopic (exact) mass is 310 g/mol. The lowest BCUT2D eigenvalue weighted by molar-refractivity contribution is 0.0464. The van der Waals surface area contributed by atoms with Crippen molar-refractivity contribution in [3.8, 4) is 0 Å². The molecule has 0 radical (unpaired) electrons. The average Bonchev–Trinajstić information content (AvgIpc) is 2.39. The van der Waals surface area contributed by atoms with Crippen LogP contribution in [-0.4, -0.2) is 30.3 Å². The Kier molecular flexibility index (Phi) is 6.13. The van der Waals surface area contributed by atoms with E-state index in [-0.39, 0.29) is 12.1 Å². The molecule has 2 aliphatic rings. The predicted octanol–water partition coefficient (Wildman–Crippen LogP) is 3.85. The summed E-state index contributed by atoms with van der Waals surface area (Å²) in [6.07, 6.45) is 8.73. The van der Waals surface area contributed by atoms with E-state index in [0.29, 0.717) is 6.04 Å². The molecule has 0 aliphatic heterocycles. The number of ether oxygens (including phenoxy) is 1. The Bertz CT molecular complexity index is 351. The van der Waals surface area contributed by atoms with Crippen molar-refractivity contribution in [3.63, 3.8) is 0 Å². The molecular weight excluding hydrogens is 276 g/mol. The molecular formula is C18H34N2O2. The van der Waals surface area contributed by atoms with E-state index in [1.165, 1.54) is 32.1 Å². The highest BCUT2D eigenvalue weighted by molar-refractivity contribution is 5.68. The average molecular weight is 310 g/mol. The summed E-state index contributed by atoms with van der Waals surface area (Å²) in [7, 11) is 0. The normalized spacial score (nSPS) is 32.2. The Morgan fingerprint density at radius 2 is 1.64 bits per heavy atom. The molecule has 0 saturated heterocycles. The summed E-state index contributed by atoms with van der Waals surface area (Å²) >= 11 is 0. The highest BCUT2D eigenvalue weighted by Gasteiger charge is 2.32. The number of hydrogen-bond acceptors (Lipinski definition) is 3. The number of amides is 1. The van der Waals surface area contributed by atoms with Gasteiger partial charge in [-0.2, -0.15) is 0 Å². The van der Waals surface area contributed by atoms with Gasteiger partial charge in [0.05, 0.1) is 0 Å². The van der Waals surface area contributed by atoms with Crippen LogP contribution in [0.2, 0.25) is 0 Å². The smallest absolute Gasteiger partial charge is 0.407 e. The topological polar surface area (TPSA) is 50.4 Å². The first-order chi connectivity index (χ1) is 10.4. The SMILES string of the molecule is CCC1CCC(CNC2CC(NC(=O)OC(C)(C)C)C2)CC1. The second-order valence-corrected chi connectivity index (χ2v) is 8.21. The zero-order chi connectivity index (χ0) is 16.2. The molecule has 2 fully saturated rings. The van der Waals surface area contributed by atoms with Crippen LogP contribution in [0.25, 0.3) is 0 Å². The Morgan fingerprint density at radius 3 is 2.18 bits per heavy atom. The van der Waals surface area contributed by atoms with Gasteiger partial charge in [0.1, 0.15) is 5.60 Å². The van der Waals surface area contributed by atoms with E-state index in [2.05, 4.69) is 17.6 Å². The molecule has 22 heavy (non-hydrogen) atoms. The first-order valence-corrected chi connectivity index (χ1v) is 9.08. The lowest BCUT2D eigenvalue weighted by Gasteiger charge is -2.38. The molecule has 128 valence electrons. The second kappa shape index (κ2) is 7.67. The summed E-state index contributed by atoms with van der Waals surface area (Å²) in [5.74, 6) is 1.84. The molecule has 0 heterocycles. The number of rotatable bonds is 5. The summed E-state index contributed by atoms with van der Waals surface area (Å²) < 4.78 is 5.28. The van der Waals surface area contributed by atoms with Crippen molar-refractivity contribution in [3.05, 3.63) is 0 Å². The fourth-order valence-electron chi connectivity index (χ4n) is 3.55. The lowest BCUT2D eigenvalue weighted by Crippen LogP contribution is -2.53. The molecule has 0 spiro atoms. The summed E-state index contributed by atoms with van der Waals surface area (Å²) in [6, 6.07) is 0.854. The van der Waals surface area contributed by atoms with Crippen LogP contribution < -0.4 is 10.6 Å². The Hall–Kier alpha value is -0.770. The molecule has 2 saturated carbocycles. The Balaban J connectivity index is 1.54. The number of carbonyl (C=O) groups is 1. The van der Waals surface area contributed by atoms with Crippen LogP contribution in [0.1, 0.15) is 72.6 Å². The number of alkyl carbamates (subject to hydrolysis) is 1. The minimum absolute atomic E-state index is 0.281. The third-order valence-corrected chi connectivity index (χ3v) is 5.10. The molecule has 0 aromatic rings. The van der Waals surface area contributed by atoms with Crippen molar-refractivity contribution in [1.29, 1.82) is 0 Å². The van der Waals surface area contributed by atoms with E-state index in [4.69, 9.17) is 4.74 Å². The molecule has 0 aromatic carbocycles. The third kappa shape index (κ3) is 5.79. The molecule has 1 amide bonds. The van der Waals surface area contributed by atoms with Crippen molar-refractivity contribution in [2.24, 2.45) is 11.8 Å². The van der Waals surface area contributed by atoms with E-state index < -0.39 is 5.60 Å². The van der Waals surface area contributed by atoms with Gasteiger partial charge in [-0.1, -0.05) is 26.2 Å². The van der Waals surface area contributed by atoms with Crippen molar-refractivity contribution in [1.82, 2.24) is 10.6 Å². The van der Waals surface area contributed by atoms with Crippen LogP contribution in [-0.2, 0) is 4.74 Å². The lowest BCUT2D eigenvalue weighted by atomic mass is 9.80. The van der Waals surface area contributed by atoms with Gasteiger partial charge in [0.25, 0.3) is 0 Å². The van der Waals surface area contributed by atoms with E-state index in [0.717, 1.165) is 31.2 Å². The van der Waals surface area contributed by atoms with Crippen LogP contribution in [0, 0.1) is 11.8 Å². The molecule has 2 aliphatic carbocycles. The largest absolute Gasteiger partial charge is 0.444 e. The van der Waals surface area contributed by atoms with E-state index in [9.17, 15) is 4.79 Å². The highest BCUT2D eigenvalue weighted by Crippen LogP contribution is 2.30. The Morgan fingerprint density at radius 1 is 1.05 bits per heavy atom. The van der Waals surface area contributed by atoms with Gasteiger partial charge in [-0.3, -0.25) is 0 Å². The number of nitrogens with one attached hydrogen (secondary N) is 2. The maximum Gasteiger partial charge on any atom is 0.407 e. The van der Waals surface area contributed by atoms with Crippen LogP contribution >= 0.6 is 0 Å². The molecule has 4 nitrogen and oxygen atoms in total. The van der Waals surface area contributed by atoms with E-state index in [1.807, 2.05) is 20.8 Å². The van der Waals surface area contributed by atoms with Gasteiger partial charge in [0.2, 0.25) is 0 Å². The van der Waals surface area contributed by atoms with Gasteiger partial charge >= 0.3 is 6.09 Å². The number of carbonyl (C=O) groups excluding carboxylic acids is 1. The zero-order valence-electron chi connectivity index (χ0n) is 14.8. The van der Waals surface area contributed by atoms with Crippen molar-refractivity contribution < 1.29 is 9.53 Å². The summed E-state index contributed by atoms with van der Waals surface area (Å²) in [5.41, 5.74) is -0.414. The molecule has 0 atom stereocenters. The first kappa shape index (κ1) is 17.6. The summed E-state index contributed by atoms with van der Waals surface area (Å²) in [6.45, 7) is 9.15. The van der Waals surface area contributed by atoms with Gasteiger partial charge in [-0.05, 0) is 64.8 Å². The Labute approximate surface area is 135 Å². The molecule has 4 heteroatoms.